The molecular formula is C12H14N2O3S2. The van der Waals surface area contributed by atoms with Crippen LogP contribution in [0.1, 0.15) is 0 Å². The van der Waals surface area contributed by atoms with Gasteiger partial charge in [-0.25, -0.2) is 4.79 Å². The van der Waals surface area contributed by atoms with Crippen molar-refractivity contribution in [2.45, 2.75) is 5.54 Å². The van der Waals surface area contributed by atoms with Gasteiger partial charge in [0.05, 0.1) is 18.5 Å². The van der Waals surface area contributed by atoms with Gasteiger partial charge in [-0.05, 0) is 18.4 Å². The lowest BCUT2D eigenvalue weighted by Crippen LogP contribution is -2.59. The second-order valence-electron chi connectivity index (χ2n) is 4.13. The highest BCUT2D eigenvalue weighted by atomic mass is 32.2. The summed E-state index contributed by atoms with van der Waals surface area (Å²) < 4.78 is 5.14. The molecule has 0 saturated heterocycles. The SMILES string of the molecule is COc1ccc2c(c1)N[C@](CSC)(C(=O)O)C(=S)N2. The van der Waals surface area contributed by atoms with Crippen molar-refractivity contribution in [1.29, 1.82) is 0 Å². The first-order valence-electron chi connectivity index (χ1n) is 5.53. The van der Waals surface area contributed by atoms with Crippen molar-refractivity contribution in [2.75, 3.05) is 29.8 Å². The number of thiocarbonyl (C=S) groups is 1. The van der Waals surface area contributed by atoms with Gasteiger partial charge >= 0.3 is 5.97 Å². The van der Waals surface area contributed by atoms with Gasteiger partial charge in [0.2, 0.25) is 0 Å². The number of rotatable bonds is 4. The third kappa shape index (κ3) is 2.35. The van der Waals surface area contributed by atoms with Gasteiger partial charge in [0.25, 0.3) is 0 Å². The average Bonchev–Trinajstić information content (AvgIpc) is 2.39. The first kappa shape index (κ1) is 14.0. The predicted molar refractivity (Wildman–Crippen MR) is 81.6 cm³/mol. The fourth-order valence-electron chi connectivity index (χ4n) is 1.91. The maximum Gasteiger partial charge on any atom is 0.337 e. The molecule has 0 aromatic heterocycles. The zero-order valence-corrected chi connectivity index (χ0v) is 12.2. The van der Waals surface area contributed by atoms with Crippen molar-refractivity contribution in [3.05, 3.63) is 18.2 Å². The van der Waals surface area contributed by atoms with Crippen LogP contribution in [0.3, 0.4) is 0 Å². The number of anilines is 2. The summed E-state index contributed by atoms with van der Waals surface area (Å²) in [6.07, 6.45) is 1.84. The summed E-state index contributed by atoms with van der Waals surface area (Å²) in [6, 6.07) is 5.35. The number of carboxylic acids is 1. The van der Waals surface area contributed by atoms with Crippen molar-refractivity contribution in [3.8, 4) is 5.75 Å². The van der Waals surface area contributed by atoms with E-state index in [4.69, 9.17) is 17.0 Å². The van der Waals surface area contributed by atoms with Crippen LogP contribution in [-0.2, 0) is 4.79 Å². The molecule has 1 aliphatic heterocycles. The third-order valence-corrected chi connectivity index (χ3v) is 4.11. The standard InChI is InChI=1S/C12H14N2O3S2/c1-17-7-3-4-8-9(5-7)14-12(6-19-2,11(15)16)10(18)13-8/h3-5,14H,6H2,1-2H3,(H,13,18)(H,15,16)/t12-/m0/s1. The molecular weight excluding hydrogens is 284 g/mol. The summed E-state index contributed by atoms with van der Waals surface area (Å²) in [7, 11) is 1.56. The molecule has 7 heteroatoms. The molecule has 0 spiro atoms. The van der Waals surface area contributed by atoms with E-state index in [9.17, 15) is 9.90 Å². The van der Waals surface area contributed by atoms with E-state index in [0.29, 0.717) is 17.2 Å². The highest BCUT2D eigenvalue weighted by molar-refractivity contribution is 7.98. The van der Waals surface area contributed by atoms with E-state index in [1.165, 1.54) is 11.8 Å². The molecule has 1 heterocycles. The average molecular weight is 298 g/mol. The van der Waals surface area contributed by atoms with Gasteiger partial charge in [-0.1, -0.05) is 12.2 Å². The minimum absolute atomic E-state index is 0.270. The van der Waals surface area contributed by atoms with E-state index < -0.39 is 11.5 Å². The number of ether oxygens (including phenoxy) is 1. The minimum Gasteiger partial charge on any atom is -0.497 e. The van der Waals surface area contributed by atoms with Gasteiger partial charge in [-0.15, -0.1) is 0 Å². The number of carbonyl (C=O) groups is 1. The number of hydrogen-bond acceptors (Lipinski definition) is 5. The molecule has 0 unspecified atom stereocenters. The van der Waals surface area contributed by atoms with Crippen molar-refractivity contribution in [1.82, 2.24) is 0 Å². The fraction of sp³-hybridized carbons (Fsp3) is 0.333. The van der Waals surface area contributed by atoms with Crippen LogP contribution < -0.4 is 15.4 Å². The Hall–Kier alpha value is -1.47. The lowest BCUT2D eigenvalue weighted by atomic mass is 9.98. The Labute approximate surface area is 120 Å². The molecule has 0 bridgehead atoms. The smallest absolute Gasteiger partial charge is 0.337 e. The fourth-order valence-corrected chi connectivity index (χ4v) is 3.09. The summed E-state index contributed by atoms with van der Waals surface area (Å²) in [5.41, 5.74) is 0.141. The molecule has 1 aromatic carbocycles. The topological polar surface area (TPSA) is 70.6 Å². The molecule has 0 amide bonds. The van der Waals surface area contributed by atoms with Gasteiger partial charge in [0, 0.05) is 11.8 Å². The van der Waals surface area contributed by atoms with Crippen LogP contribution in [-0.4, -0.2) is 40.7 Å². The normalized spacial score (nSPS) is 21.1. The molecule has 2 rings (SSSR count). The number of carboxylic acid groups (broad SMARTS) is 1. The summed E-state index contributed by atoms with van der Waals surface area (Å²) in [6.45, 7) is 0. The Balaban J connectivity index is 2.45. The van der Waals surface area contributed by atoms with E-state index in [0.717, 1.165) is 5.69 Å². The first-order chi connectivity index (χ1) is 9.03. The quantitative estimate of drug-likeness (QED) is 0.735. The van der Waals surface area contributed by atoms with Crippen LogP contribution in [0.15, 0.2) is 18.2 Å². The molecule has 102 valence electrons. The highest BCUT2D eigenvalue weighted by Gasteiger charge is 2.46. The third-order valence-electron chi connectivity index (χ3n) is 2.94. The Morgan fingerprint density at radius 3 is 2.84 bits per heavy atom. The molecule has 1 aromatic rings. The number of nitrogens with one attached hydrogen (secondary N) is 2. The zero-order valence-electron chi connectivity index (χ0n) is 10.5. The maximum absolute atomic E-state index is 11.6. The molecule has 0 aliphatic carbocycles. The Morgan fingerprint density at radius 2 is 2.26 bits per heavy atom. The van der Waals surface area contributed by atoms with Crippen LogP contribution in [0, 0.1) is 0 Å². The maximum atomic E-state index is 11.6. The van der Waals surface area contributed by atoms with Crippen LogP contribution in [0.2, 0.25) is 0 Å². The summed E-state index contributed by atoms with van der Waals surface area (Å²) in [5.74, 6) is 0.00212. The first-order valence-corrected chi connectivity index (χ1v) is 7.33. The van der Waals surface area contributed by atoms with Gasteiger partial charge in [0.1, 0.15) is 10.7 Å². The monoisotopic (exact) mass is 298 g/mol. The lowest BCUT2D eigenvalue weighted by molar-refractivity contribution is -0.139. The second-order valence-corrected chi connectivity index (χ2v) is 5.41. The van der Waals surface area contributed by atoms with Crippen LogP contribution in [0.5, 0.6) is 5.75 Å². The predicted octanol–water partition coefficient (Wildman–Crippen LogP) is 2.05. The molecule has 0 fully saturated rings. The summed E-state index contributed by atoms with van der Waals surface area (Å²) in [4.78, 5) is 11.9. The molecule has 3 N–H and O–H groups in total. The van der Waals surface area contributed by atoms with Crippen molar-refractivity contribution < 1.29 is 14.6 Å². The molecule has 0 radical (unpaired) electrons. The van der Waals surface area contributed by atoms with E-state index in [1.54, 1.807) is 25.3 Å². The Morgan fingerprint density at radius 1 is 1.53 bits per heavy atom. The van der Waals surface area contributed by atoms with Crippen molar-refractivity contribution in [2.24, 2.45) is 0 Å². The highest BCUT2D eigenvalue weighted by Crippen LogP contribution is 2.35. The van der Waals surface area contributed by atoms with E-state index >= 15 is 0 Å². The Kier molecular flexibility index (Phi) is 3.86. The number of thioether (sulfide) groups is 1. The minimum atomic E-state index is -1.28. The number of benzene rings is 1. The summed E-state index contributed by atoms with van der Waals surface area (Å²) in [5, 5.41) is 15.5. The number of fused-ring (bicyclic) bond motifs is 1. The summed E-state index contributed by atoms with van der Waals surface area (Å²) >= 11 is 6.64. The number of hydrogen-bond donors (Lipinski definition) is 3. The Bertz CT molecular complexity index is 536. The van der Waals surface area contributed by atoms with E-state index in [-0.39, 0.29) is 4.99 Å². The van der Waals surface area contributed by atoms with Crippen LogP contribution in [0.4, 0.5) is 11.4 Å². The van der Waals surface area contributed by atoms with Crippen LogP contribution in [0.25, 0.3) is 0 Å². The van der Waals surface area contributed by atoms with Gasteiger partial charge in [-0.3, -0.25) is 0 Å². The van der Waals surface area contributed by atoms with Gasteiger partial charge < -0.3 is 20.5 Å². The second kappa shape index (κ2) is 5.26. The lowest BCUT2D eigenvalue weighted by Gasteiger charge is -2.37. The molecule has 0 saturated carbocycles. The van der Waals surface area contributed by atoms with Crippen molar-refractivity contribution in [3.63, 3.8) is 0 Å². The van der Waals surface area contributed by atoms with E-state index in [1.807, 2.05) is 6.26 Å². The van der Waals surface area contributed by atoms with Gasteiger partial charge in [-0.2, -0.15) is 11.8 Å². The molecule has 1 aliphatic rings. The number of aliphatic carboxylic acids is 1. The largest absolute Gasteiger partial charge is 0.497 e. The molecule has 5 nitrogen and oxygen atoms in total. The van der Waals surface area contributed by atoms with Crippen LogP contribution >= 0.6 is 24.0 Å². The van der Waals surface area contributed by atoms with E-state index in [2.05, 4.69) is 10.6 Å². The molecule has 19 heavy (non-hydrogen) atoms. The van der Waals surface area contributed by atoms with Crippen molar-refractivity contribution >= 4 is 46.3 Å². The zero-order chi connectivity index (χ0) is 14.0. The van der Waals surface area contributed by atoms with Gasteiger partial charge in [0.15, 0.2) is 5.54 Å². The molecule has 1 atom stereocenters. The number of methoxy groups -OCH3 is 1.